The molecule has 0 radical (unpaired) electrons. The van der Waals surface area contributed by atoms with Gasteiger partial charge in [-0.1, -0.05) is 6.92 Å². The third kappa shape index (κ3) is 4.05. The molecule has 2 aromatic heterocycles. The van der Waals surface area contributed by atoms with Crippen molar-refractivity contribution in [1.29, 1.82) is 0 Å². The molecule has 2 heterocycles. The Hall–Kier alpha value is -2.25. The summed E-state index contributed by atoms with van der Waals surface area (Å²) in [5.74, 6) is -0.384. The molecule has 1 saturated carbocycles. The highest BCUT2D eigenvalue weighted by atomic mass is 19.4. The second kappa shape index (κ2) is 6.57. The zero-order chi connectivity index (χ0) is 18.2. The summed E-state index contributed by atoms with van der Waals surface area (Å²) >= 11 is 0. The van der Waals surface area contributed by atoms with Crippen molar-refractivity contribution in [2.45, 2.75) is 45.5 Å². The molecule has 1 aliphatic carbocycles. The maximum atomic E-state index is 13.0. The number of hydrogen-bond acceptors (Lipinski definition) is 2. The predicted octanol–water partition coefficient (Wildman–Crippen LogP) is 3.41. The van der Waals surface area contributed by atoms with Gasteiger partial charge in [-0.05, 0) is 43.9 Å². The highest BCUT2D eigenvalue weighted by molar-refractivity contribution is 5.92. The highest BCUT2D eigenvalue weighted by Gasteiger charge is 2.35. The number of hydrogen-bond donors (Lipinski definition) is 1. The number of nitrogens with one attached hydrogen (secondary N) is 1. The fourth-order valence-electron chi connectivity index (χ4n) is 2.89. The highest BCUT2D eigenvalue weighted by Crippen LogP contribution is 2.36. The molecule has 136 valence electrons. The van der Waals surface area contributed by atoms with Crippen molar-refractivity contribution in [1.82, 2.24) is 19.7 Å². The van der Waals surface area contributed by atoms with Gasteiger partial charge in [0.1, 0.15) is 11.4 Å². The molecule has 1 aliphatic rings. The number of rotatable bonds is 6. The normalized spacial score (nSPS) is 16.0. The molecule has 0 aliphatic heterocycles. The molecular weight excluding hydrogens is 333 g/mol. The smallest absolute Gasteiger partial charge is 0.350 e. The average Bonchev–Trinajstić information content (AvgIpc) is 3.12. The minimum atomic E-state index is -4.44. The Morgan fingerprint density at radius 1 is 1.44 bits per heavy atom. The summed E-state index contributed by atoms with van der Waals surface area (Å²) in [6.07, 6.45) is -0.401. The number of alkyl halides is 3. The Bertz CT molecular complexity index is 758. The van der Waals surface area contributed by atoms with Crippen LogP contribution in [0.2, 0.25) is 0 Å². The number of halogens is 3. The maximum absolute atomic E-state index is 13.0. The maximum Gasteiger partial charge on any atom is 0.433 e. The van der Waals surface area contributed by atoms with Crippen LogP contribution in [0.5, 0.6) is 0 Å². The third-order valence-corrected chi connectivity index (χ3v) is 4.24. The lowest BCUT2D eigenvalue weighted by Crippen LogP contribution is -2.32. The van der Waals surface area contributed by atoms with Crippen molar-refractivity contribution in [3.05, 3.63) is 41.5 Å². The number of nitrogens with zero attached hydrogens (tertiary/aromatic N) is 3. The van der Waals surface area contributed by atoms with Crippen molar-refractivity contribution in [2.24, 2.45) is 5.92 Å². The minimum absolute atomic E-state index is 0.0899. The van der Waals surface area contributed by atoms with Gasteiger partial charge in [-0.15, -0.1) is 0 Å². The summed E-state index contributed by atoms with van der Waals surface area (Å²) in [5, 5.41) is 6.73. The summed E-state index contributed by atoms with van der Waals surface area (Å²) in [4.78, 5) is 12.3. The van der Waals surface area contributed by atoms with E-state index in [1.54, 1.807) is 13.0 Å². The van der Waals surface area contributed by atoms with Crippen molar-refractivity contribution in [3.8, 4) is 0 Å². The van der Waals surface area contributed by atoms with E-state index < -0.39 is 11.9 Å². The van der Waals surface area contributed by atoms with Crippen LogP contribution in [-0.2, 0) is 12.7 Å². The average molecular weight is 354 g/mol. The molecule has 1 amide bonds. The second-order valence-electron chi connectivity index (χ2n) is 6.70. The number of aryl methyl sites for hydroxylation is 1. The van der Waals surface area contributed by atoms with E-state index in [1.807, 2.05) is 16.8 Å². The summed E-state index contributed by atoms with van der Waals surface area (Å²) in [6, 6.07) is 5.03. The van der Waals surface area contributed by atoms with Crippen LogP contribution in [-0.4, -0.2) is 26.8 Å². The van der Waals surface area contributed by atoms with Crippen molar-refractivity contribution >= 4 is 5.91 Å². The van der Waals surface area contributed by atoms with Gasteiger partial charge in [0.15, 0.2) is 0 Å². The van der Waals surface area contributed by atoms with Crippen molar-refractivity contribution < 1.29 is 18.0 Å². The van der Waals surface area contributed by atoms with Crippen LogP contribution in [0.25, 0.3) is 0 Å². The summed E-state index contributed by atoms with van der Waals surface area (Å²) in [5.41, 5.74) is 0.164. The first kappa shape index (κ1) is 17.6. The first-order chi connectivity index (χ1) is 11.8. The van der Waals surface area contributed by atoms with E-state index in [9.17, 15) is 18.0 Å². The van der Waals surface area contributed by atoms with Gasteiger partial charge in [-0.2, -0.15) is 18.3 Å². The van der Waals surface area contributed by atoms with E-state index in [0.717, 1.165) is 23.6 Å². The van der Waals surface area contributed by atoms with Crippen LogP contribution < -0.4 is 5.32 Å². The Morgan fingerprint density at radius 3 is 2.80 bits per heavy atom. The summed E-state index contributed by atoms with van der Waals surface area (Å²) in [6.45, 7) is 3.69. The standard InChI is InChI=1S/C17H21F3N4O/c1-11(10-24-15(17(18,19)20)8-12(2)22-24)9-21-16(25)14-4-3-7-23(14)13-5-6-13/h3-4,7-8,11,13H,5-6,9-10H2,1-2H3,(H,21,25)/t11-/m0/s1. The van der Waals surface area contributed by atoms with Crippen LogP contribution in [0.1, 0.15) is 47.7 Å². The number of carbonyl (C=O) groups is 1. The number of amides is 1. The molecule has 0 bridgehead atoms. The largest absolute Gasteiger partial charge is 0.433 e. The van der Waals surface area contributed by atoms with E-state index in [-0.39, 0.29) is 24.9 Å². The van der Waals surface area contributed by atoms with Crippen LogP contribution in [0, 0.1) is 12.8 Å². The van der Waals surface area contributed by atoms with Gasteiger partial charge in [0.05, 0.1) is 5.69 Å². The molecule has 0 spiro atoms. The van der Waals surface area contributed by atoms with Crippen LogP contribution in [0.15, 0.2) is 24.4 Å². The van der Waals surface area contributed by atoms with Gasteiger partial charge >= 0.3 is 6.18 Å². The molecular formula is C17H21F3N4O. The van der Waals surface area contributed by atoms with E-state index in [4.69, 9.17) is 0 Å². The van der Waals surface area contributed by atoms with Crippen molar-refractivity contribution in [3.63, 3.8) is 0 Å². The molecule has 1 atom stereocenters. The number of aromatic nitrogens is 3. The second-order valence-corrected chi connectivity index (χ2v) is 6.70. The van der Waals surface area contributed by atoms with Gasteiger partial charge < -0.3 is 9.88 Å². The van der Waals surface area contributed by atoms with E-state index >= 15 is 0 Å². The Labute approximate surface area is 143 Å². The third-order valence-electron chi connectivity index (χ3n) is 4.24. The SMILES string of the molecule is Cc1cc(C(F)(F)F)n(C[C@@H](C)CNC(=O)c2cccn2C2CC2)n1. The molecule has 2 aromatic rings. The lowest BCUT2D eigenvalue weighted by Gasteiger charge is -2.16. The first-order valence-corrected chi connectivity index (χ1v) is 8.32. The summed E-state index contributed by atoms with van der Waals surface area (Å²) in [7, 11) is 0. The molecule has 25 heavy (non-hydrogen) atoms. The Balaban J connectivity index is 1.59. The quantitative estimate of drug-likeness (QED) is 0.864. The zero-order valence-electron chi connectivity index (χ0n) is 14.2. The van der Waals surface area contributed by atoms with Crippen LogP contribution in [0.3, 0.4) is 0 Å². The molecule has 0 aromatic carbocycles. The molecule has 1 fully saturated rings. The Morgan fingerprint density at radius 2 is 2.16 bits per heavy atom. The zero-order valence-corrected chi connectivity index (χ0v) is 14.2. The van der Waals surface area contributed by atoms with Gasteiger partial charge in [0.25, 0.3) is 5.91 Å². The van der Waals surface area contributed by atoms with Gasteiger partial charge in [-0.3, -0.25) is 9.48 Å². The topological polar surface area (TPSA) is 51.9 Å². The van der Waals surface area contributed by atoms with E-state index in [2.05, 4.69) is 10.4 Å². The van der Waals surface area contributed by atoms with Gasteiger partial charge in [-0.25, -0.2) is 0 Å². The van der Waals surface area contributed by atoms with Gasteiger partial charge in [0, 0.05) is 25.3 Å². The Kier molecular flexibility index (Phi) is 4.62. The molecule has 1 N–H and O–H groups in total. The fraction of sp³-hybridized carbons (Fsp3) is 0.529. The molecule has 5 nitrogen and oxygen atoms in total. The monoisotopic (exact) mass is 354 g/mol. The first-order valence-electron chi connectivity index (χ1n) is 8.32. The lowest BCUT2D eigenvalue weighted by molar-refractivity contribution is -0.144. The molecule has 8 heteroatoms. The predicted molar refractivity (Wildman–Crippen MR) is 86.2 cm³/mol. The minimum Gasteiger partial charge on any atom is -0.350 e. The molecule has 0 unspecified atom stereocenters. The van der Waals surface area contributed by atoms with Gasteiger partial charge in [0.2, 0.25) is 0 Å². The fourth-order valence-corrected chi connectivity index (χ4v) is 2.89. The molecule has 0 saturated heterocycles. The van der Waals surface area contributed by atoms with E-state index in [1.165, 1.54) is 6.92 Å². The summed E-state index contributed by atoms with van der Waals surface area (Å²) < 4.78 is 41.9. The number of carbonyl (C=O) groups excluding carboxylic acids is 1. The van der Waals surface area contributed by atoms with Crippen LogP contribution >= 0.6 is 0 Å². The molecule has 3 rings (SSSR count). The van der Waals surface area contributed by atoms with Crippen molar-refractivity contribution in [2.75, 3.05) is 6.54 Å². The lowest BCUT2D eigenvalue weighted by atomic mass is 10.1. The van der Waals surface area contributed by atoms with E-state index in [0.29, 0.717) is 17.4 Å². The van der Waals surface area contributed by atoms with Crippen LogP contribution in [0.4, 0.5) is 13.2 Å².